The van der Waals surface area contributed by atoms with Gasteiger partial charge in [-0.05, 0) is 18.6 Å². The lowest BCUT2D eigenvalue weighted by molar-refractivity contribution is -0.138. The van der Waals surface area contributed by atoms with Gasteiger partial charge in [-0.15, -0.1) is 0 Å². The van der Waals surface area contributed by atoms with Crippen LogP contribution >= 0.6 is 0 Å². The van der Waals surface area contributed by atoms with Crippen LogP contribution in [0.3, 0.4) is 0 Å². The van der Waals surface area contributed by atoms with Gasteiger partial charge >= 0.3 is 6.18 Å². The zero-order valence-electron chi connectivity index (χ0n) is 17.3. The quantitative estimate of drug-likeness (QED) is 0.652. The number of amides is 2. The number of hydrogen-bond donors (Lipinski definition) is 2. The lowest BCUT2D eigenvalue weighted by Crippen LogP contribution is -2.49. The molecule has 0 aliphatic carbocycles. The molecule has 0 atom stereocenters. The number of piperazine rings is 1. The summed E-state index contributed by atoms with van der Waals surface area (Å²) in [5.41, 5.74) is -0.918. The van der Waals surface area contributed by atoms with Gasteiger partial charge in [0, 0.05) is 38.8 Å². The van der Waals surface area contributed by atoms with Gasteiger partial charge in [-0.1, -0.05) is 31.9 Å². The van der Waals surface area contributed by atoms with E-state index in [1.807, 2.05) is 4.90 Å². The molecule has 3 rings (SSSR count). The average Bonchev–Trinajstić information content (AvgIpc) is 3.26. The van der Waals surface area contributed by atoms with Crippen LogP contribution in [0.4, 0.5) is 19.0 Å². The zero-order valence-corrected chi connectivity index (χ0v) is 17.3. The topological polar surface area (TPSA) is 81.3 Å². The molecule has 168 valence electrons. The van der Waals surface area contributed by atoms with Gasteiger partial charge in [0.25, 0.3) is 11.8 Å². The van der Waals surface area contributed by atoms with Gasteiger partial charge in [-0.3, -0.25) is 14.7 Å². The average molecular weight is 437 g/mol. The summed E-state index contributed by atoms with van der Waals surface area (Å²) in [5.74, 6) is -0.296. The first-order valence-corrected chi connectivity index (χ1v) is 10.3. The largest absolute Gasteiger partial charge is 0.417 e. The third kappa shape index (κ3) is 5.56. The van der Waals surface area contributed by atoms with Crippen molar-refractivity contribution in [3.05, 3.63) is 47.2 Å². The molecule has 0 spiro atoms. The third-order valence-electron chi connectivity index (χ3n) is 5.23. The molecule has 0 radical (unpaired) electrons. The first-order valence-electron chi connectivity index (χ1n) is 10.3. The van der Waals surface area contributed by atoms with Crippen LogP contribution in [0.25, 0.3) is 0 Å². The van der Waals surface area contributed by atoms with Gasteiger partial charge in [-0.25, -0.2) is 0 Å². The Labute approximate surface area is 178 Å². The number of carbonyl (C=O) groups excluding carboxylic acids is 2. The van der Waals surface area contributed by atoms with E-state index >= 15 is 0 Å². The molecule has 2 heterocycles. The molecule has 0 saturated carbocycles. The SMILES string of the molecule is CCCCCNC(=O)c1cc(N2CCN(C(=O)c3ccccc3C(F)(F)F)CC2)n[nH]1. The Morgan fingerprint density at radius 3 is 2.52 bits per heavy atom. The van der Waals surface area contributed by atoms with Crippen LogP contribution in [0.5, 0.6) is 0 Å². The van der Waals surface area contributed by atoms with E-state index in [0.29, 0.717) is 31.1 Å². The highest BCUT2D eigenvalue weighted by molar-refractivity contribution is 5.96. The summed E-state index contributed by atoms with van der Waals surface area (Å²) in [7, 11) is 0. The van der Waals surface area contributed by atoms with Gasteiger partial charge in [0.1, 0.15) is 5.69 Å². The van der Waals surface area contributed by atoms with E-state index < -0.39 is 17.6 Å². The number of benzene rings is 1. The van der Waals surface area contributed by atoms with E-state index in [1.54, 1.807) is 6.07 Å². The minimum absolute atomic E-state index is 0.229. The minimum Gasteiger partial charge on any atom is -0.352 e. The number of aromatic nitrogens is 2. The number of nitrogens with zero attached hydrogens (tertiary/aromatic N) is 3. The normalized spacial score (nSPS) is 14.6. The van der Waals surface area contributed by atoms with E-state index in [2.05, 4.69) is 22.4 Å². The molecule has 10 heteroatoms. The second-order valence-electron chi connectivity index (χ2n) is 7.43. The van der Waals surface area contributed by atoms with Crippen molar-refractivity contribution in [1.29, 1.82) is 0 Å². The second-order valence-corrected chi connectivity index (χ2v) is 7.43. The van der Waals surface area contributed by atoms with E-state index in [4.69, 9.17) is 0 Å². The van der Waals surface area contributed by atoms with Gasteiger partial charge < -0.3 is 15.1 Å². The predicted octanol–water partition coefficient (Wildman–Crippen LogP) is 3.31. The fraction of sp³-hybridized carbons (Fsp3) is 0.476. The maximum Gasteiger partial charge on any atom is 0.417 e. The monoisotopic (exact) mass is 437 g/mol. The summed E-state index contributed by atoms with van der Waals surface area (Å²) in [4.78, 5) is 28.2. The lowest BCUT2D eigenvalue weighted by atomic mass is 10.1. The molecule has 2 N–H and O–H groups in total. The third-order valence-corrected chi connectivity index (χ3v) is 5.23. The summed E-state index contributed by atoms with van der Waals surface area (Å²) in [6, 6.07) is 6.47. The number of aromatic amines is 1. The Morgan fingerprint density at radius 2 is 1.84 bits per heavy atom. The molecule has 1 aromatic heterocycles. The molecule has 31 heavy (non-hydrogen) atoms. The second kappa shape index (κ2) is 9.84. The van der Waals surface area contributed by atoms with Crippen molar-refractivity contribution in [3.63, 3.8) is 0 Å². The maximum absolute atomic E-state index is 13.2. The predicted molar refractivity (Wildman–Crippen MR) is 110 cm³/mol. The highest BCUT2D eigenvalue weighted by Crippen LogP contribution is 2.32. The van der Waals surface area contributed by atoms with E-state index in [0.717, 1.165) is 25.3 Å². The minimum atomic E-state index is -4.59. The number of hydrogen-bond acceptors (Lipinski definition) is 4. The molecule has 7 nitrogen and oxygen atoms in total. The van der Waals surface area contributed by atoms with Crippen molar-refractivity contribution in [2.45, 2.75) is 32.4 Å². The molecular weight excluding hydrogens is 411 g/mol. The standard InChI is InChI=1S/C21H26F3N5O2/c1-2-3-6-9-25-19(30)17-14-18(27-26-17)28-10-12-29(13-11-28)20(31)15-7-4-5-8-16(15)21(22,23)24/h4-5,7-8,14H,2-3,6,9-13H2,1H3,(H,25,30)(H,26,27). The van der Waals surface area contributed by atoms with Gasteiger partial charge in [0.15, 0.2) is 5.82 Å². The summed E-state index contributed by atoms with van der Waals surface area (Å²) < 4.78 is 39.7. The molecule has 1 saturated heterocycles. The van der Waals surface area contributed by atoms with Crippen molar-refractivity contribution >= 4 is 17.6 Å². The van der Waals surface area contributed by atoms with E-state index in [-0.39, 0.29) is 24.6 Å². The molecule has 1 aliphatic rings. The Morgan fingerprint density at radius 1 is 1.13 bits per heavy atom. The number of alkyl halides is 3. The molecular formula is C21H26F3N5O2. The Kier molecular flexibility index (Phi) is 7.19. The number of halogens is 3. The Hall–Kier alpha value is -3.04. The van der Waals surface area contributed by atoms with Gasteiger partial charge in [0.05, 0.1) is 11.1 Å². The Balaban J connectivity index is 1.58. The summed E-state index contributed by atoms with van der Waals surface area (Å²) in [5, 5.41) is 9.72. The zero-order chi connectivity index (χ0) is 22.4. The van der Waals surface area contributed by atoms with E-state index in [9.17, 15) is 22.8 Å². The van der Waals surface area contributed by atoms with Gasteiger partial charge in [0.2, 0.25) is 0 Å². The highest BCUT2D eigenvalue weighted by Gasteiger charge is 2.36. The maximum atomic E-state index is 13.2. The molecule has 2 amide bonds. The van der Waals surface area contributed by atoms with Crippen LogP contribution in [-0.2, 0) is 6.18 Å². The fourth-order valence-corrected chi connectivity index (χ4v) is 3.49. The van der Waals surface area contributed by atoms with E-state index in [1.165, 1.54) is 23.1 Å². The number of unbranched alkanes of at least 4 members (excludes halogenated alkanes) is 2. The highest BCUT2D eigenvalue weighted by atomic mass is 19.4. The number of anilines is 1. The van der Waals surface area contributed by atoms with Crippen LogP contribution in [0, 0.1) is 0 Å². The summed E-state index contributed by atoms with van der Waals surface area (Å²) >= 11 is 0. The Bertz CT molecular complexity index is 904. The van der Waals surface area contributed by atoms with Crippen LogP contribution in [0.1, 0.15) is 52.6 Å². The lowest BCUT2D eigenvalue weighted by Gasteiger charge is -2.35. The molecule has 1 aromatic carbocycles. The fourth-order valence-electron chi connectivity index (χ4n) is 3.49. The van der Waals surface area contributed by atoms with Crippen LogP contribution in [0.15, 0.2) is 30.3 Å². The molecule has 1 aliphatic heterocycles. The molecule has 2 aromatic rings. The van der Waals surface area contributed by atoms with Crippen LogP contribution in [-0.4, -0.2) is 59.6 Å². The van der Waals surface area contributed by atoms with Crippen molar-refractivity contribution < 1.29 is 22.8 Å². The summed E-state index contributed by atoms with van der Waals surface area (Å²) in [6.07, 6.45) is -1.56. The smallest absolute Gasteiger partial charge is 0.352 e. The number of carbonyl (C=O) groups is 2. The first kappa shape index (κ1) is 22.6. The first-order chi connectivity index (χ1) is 14.8. The molecule has 0 bridgehead atoms. The molecule has 1 fully saturated rings. The van der Waals surface area contributed by atoms with Crippen molar-refractivity contribution in [2.75, 3.05) is 37.6 Å². The molecule has 0 unspecified atom stereocenters. The van der Waals surface area contributed by atoms with Crippen molar-refractivity contribution in [1.82, 2.24) is 20.4 Å². The number of H-pyrrole nitrogens is 1. The van der Waals surface area contributed by atoms with Crippen molar-refractivity contribution in [2.24, 2.45) is 0 Å². The van der Waals surface area contributed by atoms with Crippen molar-refractivity contribution in [3.8, 4) is 0 Å². The summed E-state index contributed by atoms with van der Waals surface area (Å²) in [6.45, 7) is 4.02. The number of rotatable bonds is 7. The van der Waals surface area contributed by atoms with Crippen LogP contribution < -0.4 is 10.2 Å². The van der Waals surface area contributed by atoms with Crippen LogP contribution in [0.2, 0.25) is 0 Å². The van der Waals surface area contributed by atoms with Gasteiger partial charge in [-0.2, -0.15) is 18.3 Å². The number of nitrogens with one attached hydrogen (secondary N) is 2.